The maximum atomic E-state index is 12.8. The highest BCUT2D eigenvalue weighted by atomic mass is 32.2. The number of nitrogens with zero attached hydrogens (tertiary/aromatic N) is 1. The summed E-state index contributed by atoms with van der Waals surface area (Å²) >= 11 is 1.77. The van der Waals surface area contributed by atoms with E-state index < -0.39 is 0 Å². The SMILES string of the molecule is COc1ccc(NC(=O)N2CCSC2c2ccc(OCc3ccccc3)cc2)cc1. The monoisotopic (exact) mass is 420 g/mol. The highest BCUT2D eigenvalue weighted by Crippen LogP contribution is 2.38. The second kappa shape index (κ2) is 9.59. The molecule has 30 heavy (non-hydrogen) atoms. The van der Waals surface area contributed by atoms with Crippen molar-refractivity contribution in [1.82, 2.24) is 4.90 Å². The Bertz CT molecular complexity index is 962. The lowest BCUT2D eigenvalue weighted by atomic mass is 10.2. The Morgan fingerprint density at radius 1 is 1.00 bits per heavy atom. The van der Waals surface area contributed by atoms with Crippen LogP contribution in [0.2, 0.25) is 0 Å². The van der Waals surface area contributed by atoms with Crippen LogP contribution in [0.5, 0.6) is 11.5 Å². The molecule has 1 heterocycles. The Labute approximate surface area is 181 Å². The van der Waals surface area contributed by atoms with E-state index in [9.17, 15) is 4.79 Å². The van der Waals surface area contributed by atoms with Gasteiger partial charge >= 0.3 is 6.03 Å². The van der Waals surface area contributed by atoms with Crippen LogP contribution in [0.4, 0.5) is 10.5 Å². The summed E-state index contributed by atoms with van der Waals surface area (Å²) in [7, 11) is 1.62. The second-order valence-electron chi connectivity index (χ2n) is 6.92. The first kappa shape index (κ1) is 20.2. The number of anilines is 1. The molecule has 6 heteroatoms. The highest BCUT2D eigenvalue weighted by Gasteiger charge is 2.30. The number of thioether (sulfide) groups is 1. The average Bonchev–Trinajstić information content (AvgIpc) is 3.29. The molecule has 0 aromatic heterocycles. The molecular weight excluding hydrogens is 396 g/mol. The van der Waals surface area contributed by atoms with E-state index in [2.05, 4.69) is 5.32 Å². The zero-order valence-corrected chi connectivity index (χ0v) is 17.6. The van der Waals surface area contributed by atoms with Gasteiger partial charge in [-0.3, -0.25) is 0 Å². The van der Waals surface area contributed by atoms with Crippen LogP contribution in [0, 0.1) is 0 Å². The third-order valence-electron chi connectivity index (χ3n) is 4.91. The lowest BCUT2D eigenvalue weighted by Gasteiger charge is -2.24. The van der Waals surface area contributed by atoms with Gasteiger partial charge in [0.1, 0.15) is 23.5 Å². The Kier molecular flexibility index (Phi) is 6.44. The zero-order chi connectivity index (χ0) is 20.8. The topological polar surface area (TPSA) is 50.8 Å². The summed E-state index contributed by atoms with van der Waals surface area (Å²) in [4.78, 5) is 14.7. The third kappa shape index (κ3) is 4.89. The zero-order valence-electron chi connectivity index (χ0n) is 16.8. The van der Waals surface area contributed by atoms with Crippen molar-refractivity contribution in [3.05, 3.63) is 90.0 Å². The van der Waals surface area contributed by atoms with Gasteiger partial charge in [-0.25, -0.2) is 4.79 Å². The van der Waals surface area contributed by atoms with Crippen LogP contribution >= 0.6 is 11.8 Å². The summed E-state index contributed by atoms with van der Waals surface area (Å²) in [6.07, 6.45) is 0. The maximum Gasteiger partial charge on any atom is 0.323 e. The molecule has 1 unspecified atom stereocenters. The molecule has 1 saturated heterocycles. The molecule has 4 rings (SSSR count). The van der Waals surface area contributed by atoms with E-state index in [0.717, 1.165) is 34.1 Å². The minimum absolute atomic E-state index is 0.00794. The predicted octanol–water partition coefficient (Wildman–Crippen LogP) is 5.55. The van der Waals surface area contributed by atoms with E-state index in [1.54, 1.807) is 18.9 Å². The molecule has 1 aliphatic rings. The number of carbonyl (C=O) groups is 1. The summed E-state index contributed by atoms with van der Waals surface area (Å²) in [5, 5.41) is 2.97. The van der Waals surface area contributed by atoms with Crippen LogP contribution in [-0.4, -0.2) is 30.3 Å². The summed E-state index contributed by atoms with van der Waals surface area (Å²) in [5.74, 6) is 2.49. The van der Waals surface area contributed by atoms with Crippen molar-refractivity contribution in [3.63, 3.8) is 0 Å². The Morgan fingerprint density at radius 3 is 2.40 bits per heavy atom. The lowest BCUT2D eigenvalue weighted by Crippen LogP contribution is -2.34. The van der Waals surface area contributed by atoms with Gasteiger partial charge < -0.3 is 19.7 Å². The number of amides is 2. The molecule has 154 valence electrons. The number of ether oxygens (including phenoxy) is 2. The summed E-state index contributed by atoms with van der Waals surface area (Å²) < 4.78 is 11.0. The van der Waals surface area contributed by atoms with Gasteiger partial charge in [-0.1, -0.05) is 42.5 Å². The van der Waals surface area contributed by atoms with E-state index in [-0.39, 0.29) is 11.4 Å². The van der Waals surface area contributed by atoms with Gasteiger partial charge in [0.15, 0.2) is 0 Å². The quantitative estimate of drug-likeness (QED) is 0.568. The number of hydrogen-bond donors (Lipinski definition) is 1. The molecule has 1 atom stereocenters. The minimum Gasteiger partial charge on any atom is -0.497 e. The Hall–Kier alpha value is -3.12. The molecule has 0 radical (unpaired) electrons. The van der Waals surface area contributed by atoms with Crippen molar-refractivity contribution >= 4 is 23.5 Å². The molecule has 0 saturated carbocycles. The van der Waals surface area contributed by atoms with Gasteiger partial charge in [-0.05, 0) is 47.5 Å². The van der Waals surface area contributed by atoms with E-state index in [4.69, 9.17) is 9.47 Å². The van der Waals surface area contributed by atoms with Crippen LogP contribution in [-0.2, 0) is 6.61 Å². The lowest BCUT2D eigenvalue weighted by molar-refractivity contribution is 0.214. The van der Waals surface area contributed by atoms with Crippen LogP contribution in [0.1, 0.15) is 16.5 Å². The van der Waals surface area contributed by atoms with Crippen LogP contribution < -0.4 is 14.8 Å². The molecule has 0 aliphatic carbocycles. The largest absolute Gasteiger partial charge is 0.497 e. The van der Waals surface area contributed by atoms with Gasteiger partial charge in [0, 0.05) is 18.0 Å². The van der Waals surface area contributed by atoms with Crippen LogP contribution in [0.3, 0.4) is 0 Å². The molecular formula is C24H24N2O3S. The summed E-state index contributed by atoms with van der Waals surface area (Å²) in [5.41, 5.74) is 2.98. The fraction of sp³-hybridized carbons (Fsp3) is 0.208. The van der Waals surface area contributed by atoms with E-state index in [1.165, 1.54) is 0 Å². The molecule has 1 fully saturated rings. The molecule has 1 N–H and O–H groups in total. The Morgan fingerprint density at radius 2 is 1.70 bits per heavy atom. The number of urea groups is 1. The summed E-state index contributed by atoms with van der Waals surface area (Å²) in [6, 6.07) is 25.4. The molecule has 0 spiro atoms. The minimum atomic E-state index is -0.0976. The normalized spacial score (nSPS) is 15.6. The molecule has 0 bridgehead atoms. The van der Waals surface area contributed by atoms with Crippen molar-refractivity contribution in [2.24, 2.45) is 0 Å². The summed E-state index contributed by atoms with van der Waals surface area (Å²) in [6.45, 7) is 1.25. The second-order valence-corrected chi connectivity index (χ2v) is 8.11. The molecule has 2 amide bonds. The fourth-order valence-corrected chi connectivity index (χ4v) is 4.55. The van der Waals surface area contributed by atoms with Gasteiger partial charge in [0.05, 0.1) is 7.11 Å². The van der Waals surface area contributed by atoms with Crippen LogP contribution in [0.15, 0.2) is 78.9 Å². The number of nitrogens with one attached hydrogen (secondary N) is 1. The highest BCUT2D eigenvalue weighted by molar-refractivity contribution is 7.99. The first-order valence-electron chi connectivity index (χ1n) is 9.83. The number of rotatable bonds is 6. The van der Waals surface area contributed by atoms with Crippen molar-refractivity contribution in [3.8, 4) is 11.5 Å². The smallest absolute Gasteiger partial charge is 0.323 e. The van der Waals surface area contributed by atoms with Gasteiger partial charge in [0.2, 0.25) is 0 Å². The first-order chi connectivity index (χ1) is 14.7. The maximum absolute atomic E-state index is 12.8. The standard InChI is InChI=1S/C24H24N2O3S/c1-28-21-13-9-20(10-14-21)25-24(27)26-15-16-30-23(26)19-7-11-22(12-8-19)29-17-18-5-3-2-4-6-18/h2-14,23H,15-17H2,1H3,(H,25,27). The van der Waals surface area contributed by atoms with Crippen LogP contribution in [0.25, 0.3) is 0 Å². The first-order valence-corrected chi connectivity index (χ1v) is 10.9. The molecule has 3 aromatic rings. The van der Waals surface area contributed by atoms with Gasteiger partial charge in [0.25, 0.3) is 0 Å². The molecule has 1 aliphatic heterocycles. The van der Waals surface area contributed by atoms with Crippen molar-refractivity contribution in [1.29, 1.82) is 0 Å². The number of methoxy groups -OCH3 is 1. The predicted molar refractivity (Wildman–Crippen MR) is 121 cm³/mol. The average molecular weight is 421 g/mol. The molecule has 5 nitrogen and oxygen atoms in total. The molecule has 3 aromatic carbocycles. The number of carbonyl (C=O) groups excluding carboxylic acids is 1. The van der Waals surface area contributed by atoms with E-state index >= 15 is 0 Å². The fourth-order valence-electron chi connectivity index (χ4n) is 3.29. The van der Waals surface area contributed by atoms with E-state index in [0.29, 0.717) is 13.2 Å². The third-order valence-corrected chi connectivity index (χ3v) is 6.17. The van der Waals surface area contributed by atoms with Gasteiger partial charge in [-0.15, -0.1) is 11.8 Å². The Balaban J connectivity index is 1.38. The number of hydrogen-bond acceptors (Lipinski definition) is 4. The van der Waals surface area contributed by atoms with Gasteiger partial charge in [-0.2, -0.15) is 0 Å². The van der Waals surface area contributed by atoms with Crippen molar-refractivity contribution in [2.45, 2.75) is 12.0 Å². The van der Waals surface area contributed by atoms with Crippen molar-refractivity contribution < 1.29 is 14.3 Å². The van der Waals surface area contributed by atoms with E-state index in [1.807, 2.05) is 83.8 Å². The van der Waals surface area contributed by atoms with Crippen molar-refractivity contribution in [2.75, 3.05) is 24.7 Å². The number of benzene rings is 3.